The molecule has 0 bridgehead atoms. The van der Waals surface area contributed by atoms with Gasteiger partial charge in [-0.15, -0.1) is 11.3 Å². The molecule has 1 aliphatic rings. The van der Waals surface area contributed by atoms with Crippen molar-refractivity contribution in [3.8, 4) is 0 Å². The topological polar surface area (TPSA) is 49.4 Å². The number of sulfonamides is 1. The summed E-state index contributed by atoms with van der Waals surface area (Å²) < 4.78 is 27.8. The number of para-hydroxylation sites is 1. The van der Waals surface area contributed by atoms with Crippen LogP contribution in [0, 0.1) is 6.92 Å². The summed E-state index contributed by atoms with van der Waals surface area (Å²) in [6.45, 7) is 3.35. The van der Waals surface area contributed by atoms with Crippen LogP contribution in [0.25, 0.3) is 0 Å². The molecule has 0 spiro atoms. The first kappa shape index (κ1) is 15.5. The Morgan fingerprint density at radius 2 is 2.00 bits per heavy atom. The zero-order valence-electron chi connectivity index (χ0n) is 12.5. The van der Waals surface area contributed by atoms with Crippen LogP contribution in [0.2, 0.25) is 0 Å². The summed E-state index contributed by atoms with van der Waals surface area (Å²) in [5, 5.41) is 0. The molecule has 0 amide bonds. The van der Waals surface area contributed by atoms with E-state index in [1.165, 1.54) is 11.3 Å². The Kier molecular flexibility index (Phi) is 4.52. The molecular formula is C16H20N2O2S2. The average molecular weight is 336 g/mol. The van der Waals surface area contributed by atoms with Crippen LogP contribution in [0.15, 0.2) is 46.7 Å². The summed E-state index contributed by atoms with van der Waals surface area (Å²) in [7, 11) is -3.39. The first-order valence-electron chi connectivity index (χ1n) is 7.44. The van der Waals surface area contributed by atoms with Crippen molar-refractivity contribution >= 4 is 27.0 Å². The summed E-state index contributed by atoms with van der Waals surface area (Å²) in [5.74, 6) is 0. The van der Waals surface area contributed by atoms with E-state index in [1.807, 2.05) is 31.2 Å². The van der Waals surface area contributed by atoms with Gasteiger partial charge in [0.05, 0.1) is 0 Å². The highest BCUT2D eigenvalue weighted by atomic mass is 32.2. The van der Waals surface area contributed by atoms with Crippen LogP contribution in [-0.4, -0.2) is 27.5 Å². The highest BCUT2D eigenvalue weighted by Gasteiger charge is 2.26. The van der Waals surface area contributed by atoms with Crippen LogP contribution in [0.4, 0.5) is 5.69 Å². The van der Waals surface area contributed by atoms with Gasteiger partial charge in [0.15, 0.2) is 0 Å². The molecule has 2 heterocycles. The van der Waals surface area contributed by atoms with Crippen molar-refractivity contribution in [1.82, 2.24) is 4.72 Å². The Morgan fingerprint density at radius 1 is 1.23 bits per heavy atom. The van der Waals surface area contributed by atoms with Crippen molar-refractivity contribution < 1.29 is 8.42 Å². The Bertz CT molecular complexity index is 726. The third-order valence-electron chi connectivity index (χ3n) is 3.95. The van der Waals surface area contributed by atoms with Crippen LogP contribution < -0.4 is 9.62 Å². The van der Waals surface area contributed by atoms with E-state index in [-0.39, 0.29) is 6.04 Å². The summed E-state index contributed by atoms with van der Waals surface area (Å²) in [4.78, 5) is 3.30. The Morgan fingerprint density at radius 3 is 2.68 bits per heavy atom. The second-order valence-electron chi connectivity index (χ2n) is 5.54. The van der Waals surface area contributed by atoms with E-state index in [9.17, 15) is 8.42 Å². The molecule has 4 nitrogen and oxygen atoms in total. The molecule has 0 saturated carbocycles. The first-order chi connectivity index (χ1) is 10.6. The van der Waals surface area contributed by atoms with Crippen LogP contribution in [0.3, 0.4) is 0 Å². The number of aryl methyl sites for hydroxylation is 1. The fourth-order valence-corrected chi connectivity index (χ4v) is 5.24. The van der Waals surface area contributed by atoms with E-state index in [4.69, 9.17) is 0 Å². The SMILES string of the molecule is Cc1ccc(S(=O)(=O)NCC2CCCN2c2ccccc2)s1. The lowest BCUT2D eigenvalue weighted by Gasteiger charge is -2.26. The number of anilines is 1. The molecule has 0 aliphatic carbocycles. The molecule has 1 aliphatic heterocycles. The van der Waals surface area contributed by atoms with Gasteiger partial charge in [-0.2, -0.15) is 0 Å². The summed E-state index contributed by atoms with van der Waals surface area (Å²) >= 11 is 1.31. The second kappa shape index (κ2) is 6.40. The first-order valence-corrected chi connectivity index (χ1v) is 9.74. The maximum atomic E-state index is 12.3. The molecule has 2 aromatic rings. The molecule has 1 N–H and O–H groups in total. The lowest BCUT2D eigenvalue weighted by Crippen LogP contribution is -2.40. The van der Waals surface area contributed by atoms with E-state index in [0.29, 0.717) is 10.8 Å². The van der Waals surface area contributed by atoms with Gasteiger partial charge in [-0.05, 0) is 44.0 Å². The number of thiophene rings is 1. The van der Waals surface area contributed by atoms with Crippen molar-refractivity contribution in [2.45, 2.75) is 30.0 Å². The van der Waals surface area contributed by atoms with Crippen molar-refractivity contribution in [3.05, 3.63) is 47.3 Å². The second-order valence-corrected chi connectivity index (χ2v) is 8.82. The molecule has 118 valence electrons. The molecule has 0 radical (unpaired) electrons. The zero-order chi connectivity index (χ0) is 15.6. The lowest BCUT2D eigenvalue weighted by atomic mass is 10.2. The van der Waals surface area contributed by atoms with E-state index in [0.717, 1.165) is 30.0 Å². The number of nitrogens with zero attached hydrogens (tertiary/aromatic N) is 1. The summed E-state index contributed by atoms with van der Waals surface area (Å²) in [6, 6.07) is 13.9. The predicted molar refractivity (Wildman–Crippen MR) is 91.1 cm³/mol. The average Bonchev–Trinajstić information content (AvgIpc) is 3.15. The summed E-state index contributed by atoms with van der Waals surface area (Å²) in [5.41, 5.74) is 1.16. The number of nitrogens with one attached hydrogen (secondary N) is 1. The predicted octanol–water partition coefficient (Wildman–Crippen LogP) is 3.00. The highest BCUT2D eigenvalue weighted by Crippen LogP contribution is 2.25. The van der Waals surface area contributed by atoms with E-state index >= 15 is 0 Å². The maximum absolute atomic E-state index is 12.3. The normalized spacial score (nSPS) is 18.8. The molecule has 1 fully saturated rings. The molecule has 1 atom stereocenters. The Hall–Kier alpha value is -1.37. The third kappa shape index (κ3) is 3.34. The van der Waals surface area contributed by atoms with Crippen LogP contribution in [0.1, 0.15) is 17.7 Å². The molecule has 1 aromatic heterocycles. The van der Waals surface area contributed by atoms with E-state index in [2.05, 4.69) is 21.8 Å². The van der Waals surface area contributed by atoms with Crippen molar-refractivity contribution in [2.24, 2.45) is 0 Å². The molecule has 6 heteroatoms. The maximum Gasteiger partial charge on any atom is 0.250 e. The standard InChI is InChI=1S/C16H20N2O2S2/c1-13-9-10-16(21-13)22(19,20)17-12-15-8-5-11-18(15)14-6-3-2-4-7-14/h2-4,6-7,9-10,15,17H,5,8,11-12H2,1H3. The van der Waals surface area contributed by atoms with Crippen molar-refractivity contribution in [3.63, 3.8) is 0 Å². The fraction of sp³-hybridized carbons (Fsp3) is 0.375. The number of hydrogen-bond donors (Lipinski definition) is 1. The third-order valence-corrected chi connectivity index (χ3v) is 6.87. The summed E-state index contributed by atoms with van der Waals surface area (Å²) in [6.07, 6.45) is 2.11. The van der Waals surface area contributed by atoms with E-state index in [1.54, 1.807) is 6.07 Å². The van der Waals surface area contributed by atoms with Crippen LogP contribution in [-0.2, 0) is 10.0 Å². The minimum absolute atomic E-state index is 0.221. The van der Waals surface area contributed by atoms with Gasteiger partial charge in [0.2, 0.25) is 10.0 Å². The van der Waals surface area contributed by atoms with Gasteiger partial charge in [0, 0.05) is 29.7 Å². The number of hydrogen-bond acceptors (Lipinski definition) is 4. The highest BCUT2D eigenvalue weighted by molar-refractivity contribution is 7.91. The van der Waals surface area contributed by atoms with E-state index < -0.39 is 10.0 Å². The molecule has 22 heavy (non-hydrogen) atoms. The Balaban J connectivity index is 1.68. The zero-order valence-corrected chi connectivity index (χ0v) is 14.2. The van der Waals surface area contributed by atoms with Gasteiger partial charge >= 0.3 is 0 Å². The fourth-order valence-electron chi connectivity index (χ4n) is 2.84. The van der Waals surface area contributed by atoms with Crippen molar-refractivity contribution in [2.75, 3.05) is 18.0 Å². The molecule has 1 unspecified atom stereocenters. The lowest BCUT2D eigenvalue weighted by molar-refractivity contribution is 0.569. The molecule has 1 saturated heterocycles. The minimum Gasteiger partial charge on any atom is -0.367 e. The molecule has 3 rings (SSSR count). The van der Waals surface area contributed by atoms with Gasteiger partial charge in [-0.25, -0.2) is 13.1 Å². The smallest absolute Gasteiger partial charge is 0.250 e. The van der Waals surface area contributed by atoms with Gasteiger partial charge in [0.25, 0.3) is 0 Å². The minimum atomic E-state index is -3.39. The van der Waals surface area contributed by atoms with Crippen LogP contribution in [0.5, 0.6) is 0 Å². The van der Waals surface area contributed by atoms with Gasteiger partial charge in [-0.1, -0.05) is 18.2 Å². The number of benzene rings is 1. The monoisotopic (exact) mass is 336 g/mol. The number of rotatable bonds is 5. The Labute approximate surface area is 135 Å². The van der Waals surface area contributed by atoms with Crippen molar-refractivity contribution in [1.29, 1.82) is 0 Å². The van der Waals surface area contributed by atoms with Gasteiger partial charge in [-0.3, -0.25) is 0 Å². The molecular weight excluding hydrogens is 316 g/mol. The largest absolute Gasteiger partial charge is 0.367 e. The molecule has 1 aromatic carbocycles. The van der Waals surface area contributed by atoms with Crippen LogP contribution >= 0.6 is 11.3 Å². The van der Waals surface area contributed by atoms with Gasteiger partial charge in [0.1, 0.15) is 4.21 Å². The van der Waals surface area contributed by atoms with Gasteiger partial charge < -0.3 is 4.90 Å². The quantitative estimate of drug-likeness (QED) is 0.913.